The van der Waals surface area contributed by atoms with Crippen LogP contribution in [0.5, 0.6) is 0 Å². The van der Waals surface area contributed by atoms with Crippen LogP contribution in [-0.2, 0) is 18.3 Å². The molecule has 1 amide bonds. The molecule has 3 rings (SSSR count). The van der Waals surface area contributed by atoms with Crippen LogP contribution in [0.25, 0.3) is 0 Å². The van der Waals surface area contributed by atoms with Crippen LogP contribution in [0.3, 0.4) is 0 Å². The second kappa shape index (κ2) is 6.98. The topological polar surface area (TPSA) is 46.9 Å². The highest BCUT2D eigenvalue weighted by molar-refractivity contribution is 6.30. The molecule has 0 saturated heterocycles. The second-order valence-corrected chi connectivity index (χ2v) is 7.14. The Hall–Kier alpha value is -1.81. The van der Waals surface area contributed by atoms with Crippen molar-refractivity contribution in [2.24, 2.45) is 13.0 Å². The minimum absolute atomic E-state index is 0.101. The van der Waals surface area contributed by atoms with Gasteiger partial charge < -0.3 is 5.32 Å². The van der Waals surface area contributed by atoms with Crippen molar-refractivity contribution in [2.45, 2.75) is 45.6 Å². The fourth-order valence-corrected chi connectivity index (χ4v) is 3.36. The van der Waals surface area contributed by atoms with Gasteiger partial charge in [-0.2, -0.15) is 5.10 Å². The summed E-state index contributed by atoms with van der Waals surface area (Å²) in [5.41, 5.74) is 4.47. The summed E-state index contributed by atoms with van der Waals surface area (Å²) in [6.45, 7) is 4.05. The van der Waals surface area contributed by atoms with E-state index < -0.39 is 0 Å². The number of hydrogen-bond acceptors (Lipinski definition) is 2. The number of halogens is 1. The Labute approximate surface area is 148 Å². The predicted molar refractivity (Wildman–Crippen MR) is 96.1 cm³/mol. The van der Waals surface area contributed by atoms with Crippen molar-refractivity contribution in [3.8, 4) is 0 Å². The Morgan fingerprint density at radius 3 is 2.54 bits per heavy atom. The number of benzene rings is 1. The summed E-state index contributed by atoms with van der Waals surface area (Å²) in [7, 11) is 1.94. The molecular formula is C19H24ClN3O. The average molecular weight is 346 g/mol. The molecule has 0 radical (unpaired) electrons. The molecule has 1 atom stereocenters. The molecule has 1 aromatic heterocycles. The van der Waals surface area contributed by atoms with Crippen molar-refractivity contribution >= 4 is 17.5 Å². The van der Waals surface area contributed by atoms with E-state index in [4.69, 9.17) is 11.6 Å². The van der Waals surface area contributed by atoms with E-state index >= 15 is 0 Å². The van der Waals surface area contributed by atoms with Gasteiger partial charge in [0.25, 0.3) is 0 Å². The number of nitrogens with zero attached hydrogens (tertiary/aromatic N) is 2. The smallest absolute Gasteiger partial charge is 0.220 e. The molecule has 128 valence electrons. The molecule has 1 unspecified atom stereocenters. The second-order valence-electron chi connectivity index (χ2n) is 6.71. The molecule has 1 N–H and O–H groups in total. The van der Waals surface area contributed by atoms with Gasteiger partial charge in [0.15, 0.2) is 0 Å². The molecule has 1 saturated carbocycles. The first-order valence-electron chi connectivity index (χ1n) is 8.49. The average Bonchev–Trinajstić information content (AvgIpc) is 3.34. The van der Waals surface area contributed by atoms with Gasteiger partial charge >= 0.3 is 0 Å². The molecule has 2 aromatic rings. The van der Waals surface area contributed by atoms with Crippen LogP contribution >= 0.6 is 11.6 Å². The predicted octanol–water partition coefficient (Wildman–Crippen LogP) is 3.89. The monoisotopic (exact) mass is 345 g/mol. The summed E-state index contributed by atoms with van der Waals surface area (Å²) >= 11 is 5.97. The van der Waals surface area contributed by atoms with Crippen molar-refractivity contribution in [2.75, 3.05) is 0 Å². The number of hydrogen-bond donors (Lipinski definition) is 1. The van der Waals surface area contributed by atoms with Gasteiger partial charge in [0, 0.05) is 24.2 Å². The van der Waals surface area contributed by atoms with Crippen LogP contribution in [0.2, 0.25) is 5.02 Å². The van der Waals surface area contributed by atoms with Crippen LogP contribution in [0.1, 0.15) is 47.8 Å². The Morgan fingerprint density at radius 2 is 2.00 bits per heavy atom. The maximum Gasteiger partial charge on any atom is 0.220 e. The van der Waals surface area contributed by atoms with Gasteiger partial charge in [-0.25, -0.2) is 0 Å². The van der Waals surface area contributed by atoms with Crippen LogP contribution in [0, 0.1) is 19.8 Å². The molecule has 1 aliphatic carbocycles. The molecule has 4 nitrogen and oxygen atoms in total. The van der Waals surface area contributed by atoms with Gasteiger partial charge in [0.05, 0.1) is 11.7 Å². The highest BCUT2D eigenvalue weighted by atomic mass is 35.5. The van der Waals surface area contributed by atoms with Crippen molar-refractivity contribution in [1.29, 1.82) is 0 Å². The number of carbonyl (C=O) groups excluding carboxylic acids is 1. The van der Waals surface area contributed by atoms with Gasteiger partial charge in [-0.3, -0.25) is 9.48 Å². The first-order valence-corrected chi connectivity index (χ1v) is 8.87. The van der Waals surface area contributed by atoms with Crippen molar-refractivity contribution in [3.05, 3.63) is 51.8 Å². The van der Waals surface area contributed by atoms with Gasteiger partial charge in [-0.05, 0) is 62.3 Å². The largest absolute Gasteiger partial charge is 0.349 e. The van der Waals surface area contributed by atoms with E-state index in [-0.39, 0.29) is 11.9 Å². The van der Waals surface area contributed by atoms with Crippen LogP contribution in [0.15, 0.2) is 24.3 Å². The third-order valence-electron chi connectivity index (χ3n) is 4.90. The third kappa shape index (κ3) is 3.81. The van der Waals surface area contributed by atoms with Gasteiger partial charge in [-0.15, -0.1) is 0 Å². The number of aryl methyl sites for hydroxylation is 2. The Bertz CT molecular complexity index is 732. The molecule has 5 heteroatoms. The lowest BCUT2D eigenvalue weighted by Crippen LogP contribution is -2.30. The van der Waals surface area contributed by atoms with Gasteiger partial charge in [0.2, 0.25) is 5.91 Å². The number of nitrogens with one attached hydrogen (secondary N) is 1. The number of carbonyl (C=O) groups is 1. The number of rotatable bonds is 6. The normalized spacial score (nSPS) is 15.3. The maximum atomic E-state index is 12.5. The zero-order valence-electron chi connectivity index (χ0n) is 14.5. The SMILES string of the molecule is Cc1nn(C)c(C)c1CCC(=O)NC(c1ccc(Cl)cc1)C1CC1. The van der Waals surface area contributed by atoms with Crippen LogP contribution in [-0.4, -0.2) is 15.7 Å². The third-order valence-corrected chi connectivity index (χ3v) is 5.15. The summed E-state index contributed by atoms with van der Waals surface area (Å²) < 4.78 is 1.88. The fraction of sp³-hybridized carbons (Fsp3) is 0.474. The molecule has 0 spiro atoms. The van der Waals surface area contributed by atoms with E-state index in [0.29, 0.717) is 12.3 Å². The summed E-state index contributed by atoms with van der Waals surface area (Å²) in [4.78, 5) is 12.5. The fourth-order valence-electron chi connectivity index (χ4n) is 3.24. The lowest BCUT2D eigenvalue weighted by Gasteiger charge is -2.19. The summed E-state index contributed by atoms with van der Waals surface area (Å²) in [5, 5.41) is 8.36. The molecule has 0 aliphatic heterocycles. The summed E-state index contributed by atoms with van der Waals surface area (Å²) in [5.74, 6) is 0.654. The summed E-state index contributed by atoms with van der Waals surface area (Å²) in [6, 6.07) is 7.91. The number of aromatic nitrogens is 2. The van der Waals surface area contributed by atoms with E-state index in [1.807, 2.05) is 49.8 Å². The molecule has 1 heterocycles. The molecule has 0 bridgehead atoms. The molecular weight excluding hydrogens is 322 g/mol. The van der Waals surface area contributed by atoms with Crippen LogP contribution < -0.4 is 5.32 Å². The standard InChI is InChI=1S/C19H24ClN3O/c1-12-17(13(2)23(3)22-12)10-11-18(24)21-19(14-4-5-14)15-6-8-16(20)9-7-15/h6-9,14,19H,4-5,10-11H2,1-3H3,(H,21,24). The first-order chi connectivity index (χ1) is 11.5. The van der Waals surface area contributed by atoms with Gasteiger partial charge in [0.1, 0.15) is 0 Å². The quantitative estimate of drug-likeness (QED) is 0.863. The minimum atomic E-state index is 0.101. The minimum Gasteiger partial charge on any atom is -0.349 e. The van der Waals surface area contributed by atoms with Crippen molar-refractivity contribution < 1.29 is 4.79 Å². The van der Waals surface area contributed by atoms with Gasteiger partial charge in [-0.1, -0.05) is 23.7 Å². The lowest BCUT2D eigenvalue weighted by atomic mass is 10.0. The van der Waals surface area contributed by atoms with Crippen molar-refractivity contribution in [3.63, 3.8) is 0 Å². The van der Waals surface area contributed by atoms with Crippen LogP contribution in [0.4, 0.5) is 0 Å². The summed E-state index contributed by atoms with van der Waals surface area (Å²) in [6.07, 6.45) is 3.57. The highest BCUT2D eigenvalue weighted by Gasteiger charge is 2.33. The maximum absolute atomic E-state index is 12.5. The van der Waals surface area contributed by atoms with E-state index in [1.54, 1.807) is 0 Å². The molecule has 1 aromatic carbocycles. The molecule has 1 aliphatic rings. The molecule has 1 fully saturated rings. The zero-order valence-corrected chi connectivity index (χ0v) is 15.2. The Kier molecular flexibility index (Phi) is 4.95. The zero-order chi connectivity index (χ0) is 17.3. The number of amides is 1. The lowest BCUT2D eigenvalue weighted by molar-refractivity contribution is -0.122. The highest BCUT2D eigenvalue weighted by Crippen LogP contribution is 2.41. The van der Waals surface area contributed by atoms with E-state index in [1.165, 1.54) is 18.4 Å². The molecule has 24 heavy (non-hydrogen) atoms. The van der Waals surface area contributed by atoms with E-state index in [2.05, 4.69) is 10.4 Å². The Balaban J connectivity index is 1.63. The first kappa shape index (κ1) is 17.0. The van der Waals surface area contributed by atoms with E-state index in [0.717, 1.165) is 28.4 Å². The van der Waals surface area contributed by atoms with E-state index in [9.17, 15) is 4.79 Å². The van der Waals surface area contributed by atoms with Crippen molar-refractivity contribution in [1.82, 2.24) is 15.1 Å². The Morgan fingerprint density at radius 1 is 1.33 bits per heavy atom.